The molecule has 0 radical (unpaired) electrons. The van der Waals surface area contributed by atoms with E-state index in [4.69, 9.17) is 18.9 Å². The number of methoxy groups -OCH3 is 3. The van der Waals surface area contributed by atoms with E-state index in [0.717, 1.165) is 24.4 Å². The molecule has 38 heavy (non-hydrogen) atoms. The Balaban J connectivity index is 1.87. The summed E-state index contributed by atoms with van der Waals surface area (Å²) < 4.78 is 22.4. The van der Waals surface area contributed by atoms with Crippen LogP contribution in [0.5, 0.6) is 23.0 Å². The fourth-order valence-corrected chi connectivity index (χ4v) is 5.23. The number of amides is 1. The first-order valence-corrected chi connectivity index (χ1v) is 12.9. The normalized spacial score (nSPS) is 20.0. The van der Waals surface area contributed by atoms with Gasteiger partial charge in [0.15, 0.2) is 11.5 Å². The number of aliphatic hydroxyl groups is 1. The third kappa shape index (κ3) is 4.90. The van der Waals surface area contributed by atoms with E-state index >= 15 is 0 Å². The third-order valence-corrected chi connectivity index (χ3v) is 7.26. The van der Waals surface area contributed by atoms with E-state index in [-0.39, 0.29) is 17.4 Å². The molecule has 1 N–H and O–H groups in total. The lowest BCUT2D eigenvalue weighted by atomic mass is 9.94. The Bertz CT molecular complexity index is 1230. The summed E-state index contributed by atoms with van der Waals surface area (Å²) in [4.78, 5) is 30.6. The Morgan fingerprint density at radius 3 is 2.29 bits per heavy atom. The zero-order chi connectivity index (χ0) is 27.6. The number of rotatable bonds is 10. The average Bonchev–Trinajstić information content (AvgIpc) is 3.43. The first-order valence-electron chi connectivity index (χ1n) is 12.9. The first kappa shape index (κ1) is 27.3. The number of ether oxygens (including phenoxy) is 4. The molecule has 2 aliphatic rings. The highest BCUT2D eigenvalue weighted by Gasteiger charge is 2.46. The second-order valence-corrected chi connectivity index (χ2v) is 9.43. The first-order chi connectivity index (χ1) is 18.3. The number of carbonyl (C=O) groups is 2. The molecule has 2 atom stereocenters. The number of ketones is 1. The highest BCUT2D eigenvalue weighted by Crippen LogP contribution is 2.46. The van der Waals surface area contributed by atoms with Crippen molar-refractivity contribution in [3.8, 4) is 23.0 Å². The standard InChI is InChI=1S/C29H36N2O7/c1-7-30(8-2)11-12-31-25(20-15-22(35-4)28(37-6)23(16-20)36-5)24(27(33)29(31)34)26(32)18-9-10-21-19(14-18)13-17(3)38-21/h9-10,14-17,25,32H,7-8,11-13H2,1-6H3/t17-,25-/m0/s1. The smallest absolute Gasteiger partial charge is 0.295 e. The molecule has 1 fully saturated rings. The van der Waals surface area contributed by atoms with Gasteiger partial charge >= 0.3 is 0 Å². The van der Waals surface area contributed by atoms with Gasteiger partial charge in [-0.15, -0.1) is 0 Å². The predicted molar refractivity (Wildman–Crippen MR) is 143 cm³/mol. The minimum atomic E-state index is -0.845. The van der Waals surface area contributed by atoms with E-state index in [9.17, 15) is 14.7 Å². The maximum absolute atomic E-state index is 13.5. The lowest BCUT2D eigenvalue weighted by molar-refractivity contribution is -0.140. The van der Waals surface area contributed by atoms with Crippen molar-refractivity contribution >= 4 is 17.4 Å². The van der Waals surface area contributed by atoms with Crippen molar-refractivity contribution in [1.82, 2.24) is 9.80 Å². The van der Waals surface area contributed by atoms with Crippen LogP contribution in [0.4, 0.5) is 0 Å². The van der Waals surface area contributed by atoms with Crippen molar-refractivity contribution in [2.45, 2.75) is 39.3 Å². The Labute approximate surface area is 223 Å². The molecule has 2 heterocycles. The van der Waals surface area contributed by atoms with E-state index in [0.29, 0.717) is 47.9 Å². The highest BCUT2D eigenvalue weighted by molar-refractivity contribution is 6.46. The number of hydrogen-bond donors (Lipinski definition) is 1. The molecule has 2 aromatic rings. The molecule has 4 rings (SSSR count). The van der Waals surface area contributed by atoms with Crippen LogP contribution in [-0.2, 0) is 16.0 Å². The molecule has 0 spiro atoms. The van der Waals surface area contributed by atoms with Crippen LogP contribution < -0.4 is 18.9 Å². The van der Waals surface area contributed by atoms with Gasteiger partial charge in [-0.1, -0.05) is 13.8 Å². The van der Waals surface area contributed by atoms with E-state index in [2.05, 4.69) is 4.90 Å². The van der Waals surface area contributed by atoms with Crippen molar-refractivity contribution in [3.63, 3.8) is 0 Å². The summed E-state index contributed by atoms with van der Waals surface area (Å²) in [5.41, 5.74) is 2.00. The van der Waals surface area contributed by atoms with Gasteiger partial charge < -0.3 is 33.9 Å². The van der Waals surface area contributed by atoms with Gasteiger partial charge in [-0.2, -0.15) is 0 Å². The van der Waals surface area contributed by atoms with Crippen LogP contribution in [0.2, 0.25) is 0 Å². The average molecular weight is 525 g/mol. The molecule has 1 amide bonds. The fourth-order valence-electron chi connectivity index (χ4n) is 5.23. The molecule has 0 aromatic heterocycles. The lowest BCUT2D eigenvalue weighted by Gasteiger charge is -2.29. The van der Waals surface area contributed by atoms with Crippen LogP contribution in [0.3, 0.4) is 0 Å². The van der Waals surface area contributed by atoms with E-state index in [1.807, 2.05) is 26.8 Å². The zero-order valence-electron chi connectivity index (χ0n) is 22.9. The summed E-state index contributed by atoms with van der Waals surface area (Å²) in [5, 5.41) is 11.5. The number of carbonyl (C=O) groups excluding carboxylic acids is 2. The van der Waals surface area contributed by atoms with Gasteiger partial charge in [-0.3, -0.25) is 9.59 Å². The SMILES string of the molecule is CCN(CC)CCN1C(=O)C(=O)C(=C(O)c2ccc3c(c2)C[C@H](C)O3)[C@@H]1c1cc(OC)c(OC)c(OC)c1. The molecule has 0 unspecified atom stereocenters. The lowest BCUT2D eigenvalue weighted by Crippen LogP contribution is -2.38. The summed E-state index contributed by atoms with van der Waals surface area (Å²) in [6.07, 6.45) is 0.734. The summed E-state index contributed by atoms with van der Waals surface area (Å²) in [6, 6.07) is 7.91. The number of hydrogen-bond acceptors (Lipinski definition) is 8. The van der Waals surface area contributed by atoms with Crippen LogP contribution >= 0.6 is 0 Å². The Hall–Kier alpha value is -3.72. The van der Waals surface area contributed by atoms with Crippen LogP contribution in [-0.4, -0.2) is 80.2 Å². The van der Waals surface area contributed by atoms with Crippen LogP contribution in [0, 0.1) is 0 Å². The summed E-state index contributed by atoms with van der Waals surface area (Å²) >= 11 is 0. The fraction of sp³-hybridized carbons (Fsp3) is 0.448. The molecule has 0 aliphatic carbocycles. The second kappa shape index (κ2) is 11.3. The quantitative estimate of drug-likeness (QED) is 0.285. The van der Waals surface area contributed by atoms with Gasteiger partial charge in [0.1, 0.15) is 17.6 Å². The van der Waals surface area contributed by atoms with Gasteiger partial charge in [-0.25, -0.2) is 0 Å². The summed E-state index contributed by atoms with van der Waals surface area (Å²) in [5.74, 6) is 0.317. The van der Waals surface area contributed by atoms with Gasteiger partial charge in [0.25, 0.3) is 11.7 Å². The molecule has 0 saturated carbocycles. The molecule has 0 bridgehead atoms. The Morgan fingerprint density at radius 1 is 1.05 bits per heavy atom. The van der Waals surface area contributed by atoms with Crippen molar-refractivity contribution < 1.29 is 33.6 Å². The molecule has 2 aliphatic heterocycles. The highest BCUT2D eigenvalue weighted by atomic mass is 16.5. The largest absolute Gasteiger partial charge is 0.507 e. The molecule has 9 nitrogen and oxygen atoms in total. The number of aliphatic hydroxyl groups excluding tert-OH is 1. The third-order valence-electron chi connectivity index (χ3n) is 7.26. The maximum Gasteiger partial charge on any atom is 0.295 e. The van der Waals surface area contributed by atoms with E-state index in [1.54, 1.807) is 24.3 Å². The number of likely N-dealkylation sites (N-methyl/N-ethyl adjacent to an activating group) is 1. The van der Waals surface area contributed by atoms with Gasteiger partial charge in [-0.05, 0) is 61.5 Å². The van der Waals surface area contributed by atoms with Crippen LogP contribution in [0.1, 0.15) is 43.5 Å². The van der Waals surface area contributed by atoms with Gasteiger partial charge in [0.2, 0.25) is 5.75 Å². The number of fused-ring (bicyclic) bond motifs is 1. The topological polar surface area (TPSA) is 97.8 Å². The molecule has 9 heteroatoms. The second-order valence-electron chi connectivity index (χ2n) is 9.43. The minimum absolute atomic E-state index is 0.0238. The van der Waals surface area contributed by atoms with Crippen LogP contribution in [0.15, 0.2) is 35.9 Å². The van der Waals surface area contributed by atoms with E-state index < -0.39 is 17.7 Å². The Kier molecular flexibility index (Phi) is 8.16. The summed E-state index contributed by atoms with van der Waals surface area (Å²) in [7, 11) is 4.52. The number of benzene rings is 2. The molecule has 1 saturated heterocycles. The van der Waals surface area contributed by atoms with Crippen molar-refractivity contribution in [1.29, 1.82) is 0 Å². The van der Waals surface area contributed by atoms with Crippen molar-refractivity contribution in [2.24, 2.45) is 0 Å². The predicted octanol–water partition coefficient (Wildman–Crippen LogP) is 3.80. The molecule has 204 valence electrons. The van der Waals surface area contributed by atoms with E-state index in [1.165, 1.54) is 26.2 Å². The minimum Gasteiger partial charge on any atom is -0.507 e. The van der Waals surface area contributed by atoms with Gasteiger partial charge in [0.05, 0.1) is 32.9 Å². The van der Waals surface area contributed by atoms with Crippen LogP contribution in [0.25, 0.3) is 5.76 Å². The van der Waals surface area contributed by atoms with Gasteiger partial charge in [0, 0.05) is 25.1 Å². The van der Waals surface area contributed by atoms with Crippen molar-refractivity contribution in [3.05, 3.63) is 52.6 Å². The number of nitrogens with zero attached hydrogens (tertiary/aromatic N) is 2. The maximum atomic E-state index is 13.5. The molecule has 2 aromatic carbocycles. The van der Waals surface area contributed by atoms with Crippen molar-refractivity contribution in [2.75, 3.05) is 47.5 Å². The molecular weight excluding hydrogens is 488 g/mol. The molecular formula is C29H36N2O7. The Morgan fingerprint density at radius 2 is 1.71 bits per heavy atom. The number of likely N-dealkylation sites (tertiary alicyclic amines) is 1. The zero-order valence-corrected chi connectivity index (χ0v) is 22.9. The monoisotopic (exact) mass is 524 g/mol. The summed E-state index contributed by atoms with van der Waals surface area (Å²) in [6.45, 7) is 8.58. The number of Topliss-reactive ketones (excluding diaryl/α,β-unsaturated/α-hetero) is 1.